The molecular formula is C25H30N2O8S2. The molecule has 4 rings (SSSR count). The molecule has 0 saturated carbocycles. The van der Waals surface area contributed by atoms with Gasteiger partial charge in [-0.25, -0.2) is 18.0 Å². The number of nitrogens with one attached hydrogen (secondary N) is 1. The summed E-state index contributed by atoms with van der Waals surface area (Å²) in [5.74, 6) is -1.92. The quantitative estimate of drug-likeness (QED) is 0.497. The first-order valence-corrected chi connectivity index (χ1v) is 14.4. The predicted molar refractivity (Wildman–Crippen MR) is 137 cm³/mol. The highest BCUT2D eigenvalue weighted by Crippen LogP contribution is 2.38. The summed E-state index contributed by atoms with van der Waals surface area (Å²) in [4.78, 5) is 39.0. The van der Waals surface area contributed by atoms with E-state index >= 15 is 0 Å². The van der Waals surface area contributed by atoms with Crippen molar-refractivity contribution in [1.82, 2.24) is 4.31 Å². The largest absolute Gasteiger partial charge is 0.462 e. The van der Waals surface area contributed by atoms with Crippen LogP contribution in [0.3, 0.4) is 0 Å². The monoisotopic (exact) mass is 550 g/mol. The fourth-order valence-corrected chi connectivity index (χ4v) is 7.33. The number of benzene rings is 1. The zero-order valence-corrected chi connectivity index (χ0v) is 22.5. The molecule has 10 nitrogen and oxygen atoms in total. The van der Waals surface area contributed by atoms with Gasteiger partial charge in [0, 0.05) is 18.0 Å². The van der Waals surface area contributed by atoms with Crippen molar-refractivity contribution in [3.8, 4) is 0 Å². The molecule has 2 aromatic rings. The summed E-state index contributed by atoms with van der Waals surface area (Å²) < 4.78 is 43.1. The van der Waals surface area contributed by atoms with Crippen LogP contribution in [0.15, 0.2) is 23.1 Å². The van der Waals surface area contributed by atoms with Crippen molar-refractivity contribution in [3.05, 3.63) is 45.3 Å². The number of fused-ring (bicyclic) bond motifs is 1. The Balaban J connectivity index is 1.44. The molecular weight excluding hydrogens is 520 g/mol. The Bertz CT molecular complexity index is 1300. The number of nitrogens with zero attached hydrogens (tertiary/aromatic N) is 1. The van der Waals surface area contributed by atoms with Gasteiger partial charge in [0.25, 0.3) is 5.91 Å². The minimum atomic E-state index is -3.82. The summed E-state index contributed by atoms with van der Waals surface area (Å²) in [5.41, 5.74) is 1.80. The molecule has 200 valence electrons. The number of esters is 2. The van der Waals surface area contributed by atoms with Gasteiger partial charge in [0.15, 0.2) is 6.61 Å². The van der Waals surface area contributed by atoms with Crippen LogP contribution in [-0.2, 0) is 41.9 Å². The second kappa shape index (κ2) is 11.7. The van der Waals surface area contributed by atoms with Gasteiger partial charge in [-0.05, 0) is 62.8 Å². The Morgan fingerprint density at radius 2 is 1.81 bits per heavy atom. The molecule has 1 fully saturated rings. The van der Waals surface area contributed by atoms with Gasteiger partial charge >= 0.3 is 11.9 Å². The van der Waals surface area contributed by atoms with Crippen molar-refractivity contribution in [1.29, 1.82) is 0 Å². The van der Waals surface area contributed by atoms with Crippen molar-refractivity contribution in [2.24, 2.45) is 0 Å². The van der Waals surface area contributed by atoms with Crippen molar-refractivity contribution >= 4 is 44.2 Å². The van der Waals surface area contributed by atoms with E-state index in [0.29, 0.717) is 29.3 Å². The van der Waals surface area contributed by atoms with E-state index < -0.39 is 34.5 Å². The first-order chi connectivity index (χ1) is 17.7. The molecule has 1 saturated heterocycles. The maximum absolute atomic E-state index is 13.1. The van der Waals surface area contributed by atoms with Gasteiger partial charge in [-0.15, -0.1) is 11.3 Å². The number of carbonyl (C=O) groups is 3. The highest BCUT2D eigenvalue weighted by molar-refractivity contribution is 7.89. The summed E-state index contributed by atoms with van der Waals surface area (Å²) in [6, 6.07) is 4.26. The molecule has 1 N–H and O–H groups in total. The van der Waals surface area contributed by atoms with Gasteiger partial charge in [0.05, 0.1) is 35.8 Å². The van der Waals surface area contributed by atoms with Gasteiger partial charge in [0.2, 0.25) is 10.0 Å². The van der Waals surface area contributed by atoms with Crippen LogP contribution < -0.4 is 5.32 Å². The van der Waals surface area contributed by atoms with Crippen LogP contribution in [-0.4, -0.2) is 70.1 Å². The SMILES string of the molecule is CCOC(=O)c1c(NC(=O)COC(=O)c2ccc(C)c(S(=O)(=O)N3CCOCC3)c2)sc2c1CCCC2. The number of ether oxygens (including phenoxy) is 3. The van der Waals surface area contributed by atoms with Gasteiger partial charge in [-0.1, -0.05) is 6.07 Å². The summed E-state index contributed by atoms with van der Waals surface area (Å²) >= 11 is 1.34. The lowest BCUT2D eigenvalue weighted by molar-refractivity contribution is -0.119. The molecule has 0 radical (unpaired) electrons. The van der Waals surface area contributed by atoms with Crippen molar-refractivity contribution in [2.75, 3.05) is 44.8 Å². The number of morpholine rings is 1. The van der Waals surface area contributed by atoms with E-state index in [1.807, 2.05) is 0 Å². The fraction of sp³-hybridized carbons (Fsp3) is 0.480. The normalized spacial score (nSPS) is 16.1. The average Bonchev–Trinajstić information content (AvgIpc) is 3.25. The van der Waals surface area contributed by atoms with Crippen molar-refractivity contribution in [3.63, 3.8) is 0 Å². The van der Waals surface area contributed by atoms with E-state index in [-0.39, 0.29) is 30.2 Å². The third-order valence-corrected chi connectivity index (χ3v) is 9.50. The number of hydrogen-bond acceptors (Lipinski definition) is 9. The maximum atomic E-state index is 13.1. The van der Waals surface area contributed by atoms with Gasteiger partial charge in [0.1, 0.15) is 5.00 Å². The second-order valence-electron chi connectivity index (χ2n) is 8.76. The number of carbonyl (C=O) groups excluding carboxylic acids is 3. The number of thiophene rings is 1. The Morgan fingerprint density at radius 3 is 2.54 bits per heavy atom. The summed E-state index contributed by atoms with van der Waals surface area (Å²) in [5, 5.41) is 3.08. The second-order valence-corrected chi connectivity index (χ2v) is 11.8. The molecule has 0 atom stereocenters. The molecule has 1 aromatic heterocycles. The Kier molecular flexibility index (Phi) is 8.63. The Morgan fingerprint density at radius 1 is 1.08 bits per heavy atom. The standard InChI is InChI=1S/C25H30N2O8S2/c1-3-34-25(30)22-18-6-4-5-7-19(18)36-23(22)26-21(28)15-35-24(29)17-9-8-16(2)20(14-17)37(31,32)27-10-12-33-13-11-27/h8-9,14H,3-7,10-13,15H2,1-2H3,(H,26,28). The van der Waals surface area contributed by atoms with Crippen LogP contribution in [0, 0.1) is 6.92 Å². The molecule has 1 aromatic carbocycles. The molecule has 12 heteroatoms. The van der Waals surface area contributed by atoms with Crippen molar-refractivity contribution in [2.45, 2.75) is 44.4 Å². The minimum Gasteiger partial charge on any atom is -0.462 e. The summed E-state index contributed by atoms with van der Waals surface area (Å²) in [7, 11) is -3.82. The Hall–Kier alpha value is -2.80. The molecule has 1 aliphatic heterocycles. The maximum Gasteiger partial charge on any atom is 0.341 e. The topological polar surface area (TPSA) is 128 Å². The number of anilines is 1. The molecule has 37 heavy (non-hydrogen) atoms. The minimum absolute atomic E-state index is 0.0107. The van der Waals surface area contributed by atoms with Crippen LogP contribution in [0.5, 0.6) is 0 Å². The van der Waals surface area contributed by atoms with Crippen molar-refractivity contribution < 1.29 is 37.0 Å². The lowest BCUT2D eigenvalue weighted by Gasteiger charge is -2.26. The molecule has 0 bridgehead atoms. The average molecular weight is 551 g/mol. The third kappa shape index (κ3) is 6.03. The molecule has 0 spiro atoms. The number of sulfonamides is 1. The van der Waals surface area contributed by atoms with Crippen LogP contribution in [0.2, 0.25) is 0 Å². The Labute approximate surface area is 219 Å². The van der Waals surface area contributed by atoms with Gasteiger partial charge in [-0.2, -0.15) is 4.31 Å². The van der Waals surface area contributed by atoms with E-state index in [0.717, 1.165) is 36.1 Å². The zero-order chi connectivity index (χ0) is 26.6. The number of amides is 1. The molecule has 2 heterocycles. The van der Waals surface area contributed by atoms with E-state index in [1.54, 1.807) is 13.8 Å². The van der Waals surface area contributed by atoms with Crippen LogP contribution in [0.25, 0.3) is 0 Å². The lowest BCUT2D eigenvalue weighted by Crippen LogP contribution is -2.40. The van der Waals surface area contributed by atoms with E-state index in [4.69, 9.17) is 14.2 Å². The number of rotatable bonds is 8. The first-order valence-electron chi connectivity index (χ1n) is 12.2. The van der Waals surface area contributed by atoms with E-state index in [2.05, 4.69) is 5.32 Å². The smallest absolute Gasteiger partial charge is 0.341 e. The highest BCUT2D eigenvalue weighted by atomic mass is 32.2. The van der Waals surface area contributed by atoms with Gasteiger partial charge < -0.3 is 19.5 Å². The van der Waals surface area contributed by atoms with Crippen LogP contribution >= 0.6 is 11.3 Å². The molecule has 1 amide bonds. The van der Waals surface area contributed by atoms with Crippen LogP contribution in [0.1, 0.15) is 56.5 Å². The predicted octanol–water partition coefficient (Wildman–Crippen LogP) is 2.93. The number of aryl methyl sites for hydroxylation is 2. The summed E-state index contributed by atoms with van der Waals surface area (Å²) in [6.07, 6.45) is 3.55. The summed E-state index contributed by atoms with van der Waals surface area (Å²) in [6.45, 7) is 4.07. The highest BCUT2D eigenvalue weighted by Gasteiger charge is 2.30. The van der Waals surface area contributed by atoms with E-state index in [1.165, 1.54) is 33.8 Å². The fourth-order valence-electron chi connectivity index (χ4n) is 4.38. The van der Waals surface area contributed by atoms with E-state index in [9.17, 15) is 22.8 Å². The van der Waals surface area contributed by atoms with Gasteiger partial charge in [-0.3, -0.25) is 4.79 Å². The molecule has 2 aliphatic rings. The lowest BCUT2D eigenvalue weighted by atomic mass is 9.95. The third-order valence-electron chi connectivity index (χ3n) is 6.25. The molecule has 0 unspecified atom stereocenters. The first kappa shape index (κ1) is 27.2. The zero-order valence-electron chi connectivity index (χ0n) is 20.8. The molecule has 1 aliphatic carbocycles. The van der Waals surface area contributed by atoms with Crippen LogP contribution in [0.4, 0.5) is 5.00 Å². The number of hydrogen-bond donors (Lipinski definition) is 1.